The molecule has 146 valence electrons. The van der Waals surface area contributed by atoms with Crippen molar-refractivity contribution in [1.82, 2.24) is 14.9 Å². The number of hydrogen-bond donors (Lipinski definition) is 1. The first-order chi connectivity index (χ1) is 13.4. The standard InChI is InChI=1S/C19H17BrCl2N4O2/c1-10-2-5-16-12(6-10)17(25-28-16)19(27)23-18-13(20)9-26(24-18)8-11-3-4-14(21)15(22)7-11/h3-4,7,9-10H,2,5-6,8H2,1H3,(H,23,24,27). The van der Waals surface area contributed by atoms with Gasteiger partial charge in [-0.15, -0.1) is 0 Å². The number of carbonyl (C=O) groups is 1. The number of benzene rings is 1. The lowest BCUT2D eigenvalue weighted by atomic mass is 9.88. The topological polar surface area (TPSA) is 73.0 Å². The summed E-state index contributed by atoms with van der Waals surface area (Å²) in [6.45, 7) is 2.65. The van der Waals surface area contributed by atoms with E-state index in [0.717, 1.165) is 36.1 Å². The zero-order valence-electron chi connectivity index (χ0n) is 15.0. The summed E-state index contributed by atoms with van der Waals surface area (Å²) in [5, 5.41) is 12.2. The minimum atomic E-state index is -0.320. The van der Waals surface area contributed by atoms with Crippen LogP contribution in [0.4, 0.5) is 5.82 Å². The lowest BCUT2D eigenvalue weighted by Gasteiger charge is -2.16. The van der Waals surface area contributed by atoms with Crippen LogP contribution in [0, 0.1) is 5.92 Å². The maximum Gasteiger partial charge on any atom is 0.279 e. The van der Waals surface area contributed by atoms with Gasteiger partial charge in [0.05, 0.1) is 21.1 Å². The van der Waals surface area contributed by atoms with Crippen LogP contribution in [0.15, 0.2) is 33.4 Å². The summed E-state index contributed by atoms with van der Waals surface area (Å²) < 4.78 is 7.74. The van der Waals surface area contributed by atoms with Crippen LogP contribution in [-0.2, 0) is 19.4 Å². The van der Waals surface area contributed by atoms with Gasteiger partial charge in [-0.25, -0.2) is 0 Å². The molecule has 2 heterocycles. The second-order valence-electron chi connectivity index (χ2n) is 7.01. The lowest BCUT2D eigenvalue weighted by Crippen LogP contribution is -2.18. The smallest absolute Gasteiger partial charge is 0.279 e. The van der Waals surface area contributed by atoms with Crippen molar-refractivity contribution < 1.29 is 9.32 Å². The molecule has 1 aliphatic carbocycles. The van der Waals surface area contributed by atoms with Gasteiger partial charge in [0.2, 0.25) is 0 Å². The average Bonchev–Trinajstić information content (AvgIpc) is 3.21. The van der Waals surface area contributed by atoms with Crippen LogP contribution in [0.5, 0.6) is 0 Å². The molecule has 9 heteroatoms. The number of carbonyl (C=O) groups excluding carboxylic acids is 1. The summed E-state index contributed by atoms with van der Waals surface area (Å²) in [5.74, 6) is 1.42. The highest BCUT2D eigenvalue weighted by atomic mass is 79.9. The number of anilines is 1. The van der Waals surface area contributed by atoms with Gasteiger partial charge >= 0.3 is 0 Å². The largest absolute Gasteiger partial charge is 0.360 e. The van der Waals surface area contributed by atoms with E-state index < -0.39 is 0 Å². The van der Waals surface area contributed by atoms with Crippen molar-refractivity contribution in [3.05, 3.63) is 61.5 Å². The normalized spacial score (nSPS) is 16.1. The molecule has 0 saturated heterocycles. The molecule has 0 saturated carbocycles. The van der Waals surface area contributed by atoms with Crippen molar-refractivity contribution >= 4 is 50.9 Å². The Kier molecular flexibility index (Phi) is 5.49. The van der Waals surface area contributed by atoms with Gasteiger partial charge in [-0.05, 0) is 52.4 Å². The molecule has 1 atom stereocenters. The molecule has 28 heavy (non-hydrogen) atoms. The molecule has 0 aliphatic heterocycles. The van der Waals surface area contributed by atoms with Crippen LogP contribution < -0.4 is 5.32 Å². The van der Waals surface area contributed by atoms with E-state index in [0.29, 0.717) is 38.5 Å². The quantitative estimate of drug-likeness (QED) is 0.541. The molecular formula is C19H17BrCl2N4O2. The first kappa shape index (κ1) is 19.5. The number of hydrogen-bond acceptors (Lipinski definition) is 4. The van der Waals surface area contributed by atoms with Crippen molar-refractivity contribution in [2.75, 3.05) is 5.32 Å². The number of aromatic nitrogens is 3. The summed E-state index contributed by atoms with van der Waals surface area (Å²) in [4.78, 5) is 12.7. The summed E-state index contributed by atoms with van der Waals surface area (Å²) in [6, 6.07) is 5.42. The summed E-state index contributed by atoms with van der Waals surface area (Å²) in [6.07, 6.45) is 4.46. The van der Waals surface area contributed by atoms with E-state index in [1.54, 1.807) is 23.0 Å². The number of nitrogens with one attached hydrogen (secondary N) is 1. The van der Waals surface area contributed by atoms with E-state index in [9.17, 15) is 4.79 Å². The van der Waals surface area contributed by atoms with Crippen LogP contribution in [0.25, 0.3) is 0 Å². The van der Waals surface area contributed by atoms with Crippen LogP contribution in [-0.4, -0.2) is 20.8 Å². The van der Waals surface area contributed by atoms with Gasteiger partial charge in [0.25, 0.3) is 5.91 Å². The molecule has 0 fully saturated rings. The molecule has 0 spiro atoms. The summed E-state index contributed by atoms with van der Waals surface area (Å²) >= 11 is 15.5. The second-order valence-corrected chi connectivity index (χ2v) is 8.68. The predicted octanol–water partition coefficient (Wildman–Crippen LogP) is 5.37. The number of nitrogens with zero attached hydrogens (tertiary/aromatic N) is 3. The van der Waals surface area contributed by atoms with Gasteiger partial charge in [0.1, 0.15) is 5.76 Å². The molecule has 1 N–H and O–H groups in total. The molecule has 6 nitrogen and oxygen atoms in total. The Hall–Kier alpha value is -1.83. The number of aryl methyl sites for hydroxylation is 1. The Balaban J connectivity index is 1.51. The van der Waals surface area contributed by atoms with Crippen LogP contribution in [0.3, 0.4) is 0 Å². The van der Waals surface area contributed by atoms with Gasteiger partial charge < -0.3 is 9.84 Å². The lowest BCUT2D eigenvalue weighted by molar-refractivity contribution is 0.101. The number of fused-ring (bicyclic) bond motifs is 1. The Labute approximate surface area is 180 Å². The second kappa shape index (κ2) is 7.89. The Morgan fingerprint density at radius 3 is 3.00 bits per heavy atom. The van der Waals surface area contributed by atoms with Crippen molar-refractivity contribution in [3.63, 3.8) is 0 Å². The third-order valence-electron chi connectivity index (χ3n) is 4.78. The van der Waals surface area contributed by atoms with Crippen LogP contribution in [0.1, 0.15) is 40.7 Å². The fourth-order valence-corrected chi connectivity index (χ4v) is 4.05. The summed E-state index contributed by atoms with van der Waals surface area (Å²) in [5.41, 5.74) is 2.19. The summed E-state index contributed by atoms with van der Waals surface area (Å²) in [7, 11) is 0. The fraction of sp³-hybridized carbons (Fsp3) is 0.316. The zero-order chi connectivity index (χ0) is 19.8. The number of halogens is 3. The highest BCUT2D eigenvalue weighted by molar-refractivity contribution is 9.10. The molecule has 3 aromatic rings. The molecular weight excluding hydrogens is 467 g/mol. The molecule has 1 aromatic carbocycles. The third kappa shape index (κ3) is 3.97. The highest BCUT2D eigenvalue weighted by Gasteiger charge is 2.27. The molecule has 1 aliphatic rings. The van der Waals surface area contributed by atoms with E-state index in [2.05, 4.69) is 38.4 Å². The Morgan fingerprint density at radius 2 is 2.21 bits per heavy atom. The van der Waals surface area contributed by atoms with Crippen LogP contribution in [0.2, 0.25) is 10.0 Å². The van der Waals surface area contributed by atoms with E-state index >= 15 is 0 Å². The number of rotatable bonds is 4. The highest BCUT2D eigenvalue weighted by Crippen LogP contribution is 2.29. The molecule has 4 rings (SSSR count). The van der Waals surface area contributed by atoms with Gasteiger partial charge in [0, 0.05) is 18.2 Å². The van der Waals surface area contributed by atoms with E-state index in [4.69, 9.17) is 27.7 Å². The molecule has 0 radical (unpaired) electrons. The SMILES string of the molecule is CC1CCc2onc(C(=O)Nc3nn(Cc4ccc(Cl)c(Cl)c4)cc3Br)c2C1. The molecule has 0 bridgehead atoms. The van der Waals surface area contributed by atoms with Gasteiger partial charge in [-0.1, -0.05) is 41.3 Å². The van der Waals surface area contributed by atoms with Gasteiger partial charge in [-0.3, -0.25) is 9.48 Å². The van der Waals surface area contributed by atoms with Crippen molar-refractivity contribution in [1.29, 1.82) is 0 Å². The first-order valence-corrected chi connectivity index (χ1v) is 10.4. The van der Waals surface area contributed by atoms with E-state index in [1.165, 1.54) is 0 Å². The zero-order valence-corrected chi connectivity index (χ0v) is 18.1. The van der Waals surface area contributed by atoms with Gasteiger partial charge in [0.15, 0.2) is 11.5 Å². The maximum atomic E-state index is 12.7. The Morgan fingerprint density at radius 1 is 1.39 bits per heavy atom. The molecule has 1 unspecified atom stereocenters. The van der Waals surface area contributed by atoms with Crippen molar-refractivity contribution in [3.8, 4) is 0 Å². The minimum Gasteiger partial charge on any atom is -0.360 e. The third-order valence-corrected chi connectivity index (χ3v) is 6.10. The van der Waals surface area contributed by atoms with Gasteiger partial charge in [-0.2, -0.15) is 5.10 Å². The molecule has 1 amide bonds. The van der Waals surface area contributed by atoms with Crippen molar-refractivity contribution in [2.24, 2.45) is 5.92 Å². The maximum absolute atomic E-state index is 12.7. The predicted molar refractivity (Wildman–Crippen MR) is 111 cm³/mol. The van der Waals surface area contributed by atoms with Crippen LogP contribution >= 0.6 is 39.1 Å². The van der Waals surface area contributed by atoms with E-state index in [1.807, 2.05) is 6.07 Å². The minimum absolute atomic E-state index is 0.320. The van der Waals surface area contributed by atoms with Crippen molar-refractivity contribution in [2.45, 2.75) is 32.7 Å². The first-order valence-electron chi connectivity index (χ1n) is 8.86. The van der Waals surface area contributed by atoms with E-state index in [-0.39, 0.29) is 5.91 Å². The Bertz CT molecular complexity index is 1050. The number of amides is 1. The average molecular weight is 484 g/mol. The molecule has 2 aromatic heterocycles. The monoisotopic (exact) mass is 482 g/mol. The fourth-order valence-electron chi connectivity index (χ4n) is 3.31.